The molecule has 0 aliphatic rings. The van der Waals surface area contributed by atoms with E-state index in [-0.39, 0.29) is 0 Å². The lowest BCUT2D eigenvalue weighted by atomic mass is 10.0. The third-order valence-electron chi connectivity index (χ3n) is 4.95. The van der Waals surface area contributed by atoms with Crippen LogP contribution in [0, 0.1) is 6.92 Å². The van der Waals surface area contributed by atoms with E-state index in [0.29, 0.717) is 6.04 Å². The van der Waals surface area contributed by atoms with Crippen LogP contribution in [-0.2, 0) is 13.0 Å². The molecule has 25 heavy (non-hydrogen) atoms. The number of pyridine rings is 1. The number of nitrogens with zero attached hydrogens (tertiary/aromatic N) is 1. The Hall–Kier alpha value is -2.19. The zero-order valence-corrected chi connectivity index (χ0v) is 15.3. The van der Waals surface area contributed by atoms with Crippen LogP contribution < -0.4 is 5.32 Å². The predicted molar refractivity (Wildman–Crippen MR) is 107 cm³/mol. The van der Waals surface area contributed by atoms with Gasteiger partial charge in [0.05, 0.1) is 0 Å². The molecule has 0 bridgehead atoms. The van der Waals surface area contributed by atoms with Gasteiger partial charge < -0.3 is 5.32 Å². The number of aromatic nitrogens is 1. The highest BCUT2D eigenvalue weighted by molar-refractivity contribution is 5.81. The molecule has 3 rings (SSSR count). The average molecular weight is 332 g/mol. The monoisotopic (exact) mass is 332 g/mol. The molecule has 2 heteroatoms. The molecule has 0 aliphatic heterocycles. The standard InChI is InChI=1S/C23H28N2/c1-18-7-3-5-9-21(18)10-6-4-8-19(2)25-16-20-11-12-23-17-24-14-13-22(23)15-20/h3,5,7,9,11-15,17,19,25H,4,6,8,10,16H2,1-2H3/t19-/m1/s1. The molecule has 0 radical (unpaired) electrons. The molecular weight excluding hydrogens is 304 g/mol. The molecule has 0 unspecified atom stereocenters. The van der Waals surface area contributed by atoms with E-state index in [4.69, 9.17) is 0 Å². The van der Waals surface area contributed by atoms with Gasteiger partial charge in [0.2, 0.25) is 0 Å². The zero-order chi connectivity index (χ0) is 17.5. The first-order valence-corrected chi connectivity index (χ1v) is 9.33. The van der Waals surface area contributed by atoms with Gasteiger partial charge in [0.25, 0.3) is 0 Å². The highest BCUT2D eigenvalue weighted by Gasteiger charge is 2.03. The number of nitrogens with one attached hydrogen (secondary N) is 1. The summed E-state index contributed by atoms with van der Waals surface area (Å²) in [6, 6.07) is 18.0. The summed E-state index contributed by atoms with van der Waals surface area (Å²) in [7, 11) is 0. The molecule has 1 heterocycles. The van der Waals surface area contributed by atoms with E-state index < -0.39 is 0 Å². The van der Waals surface area contributed by atoms with Gasteiger partial charge in [-0.15, -0.1) is 0 Å². The Bertz CT molecular complexity index is 810. The molecule has 2 aromatic carbocycles. The highest BCUT2D eigenvalue weighted by Crippen LogP contribution is 2.15. The van der Waals surface area contributed by atoms with E-state index in [0.717, 1.165) is 6.54 Å². The fourth-order valence-corrected chi connectivity index (χ4v) is 3.29. The second-order valence-electron chi connectivity index (χ2n) is 7.01. The third kappa shape index (κ3) is 5.14. The maximum Gasteiger partial charge on any atom is 0.0346 e. The van der Waals surface area contributed by atoms with Crippen molar-refractivity contribution in [1.29, 1.82) is 0 Å². The summed E-state index contributed by atoms with van der Waals surface area (Å²) >= 11 is 0. The van der Waals surface area contributed by atoms with Gasteiger partial charge in [0.15, 0.2) is 0 Å². The van der Waals surface area contributed by atoms with Crippen molar-refractivity contribution in [3.63, 3.8) is 0 Å². The molecule has 130 valence electrons. The van der Waals surface area contributed by atoms with Crippen molar-refractivity contribution < 1.29 is 0 Å². The molecule has 1 atom stereocenters. The van der Waals surface area contributed by atoms with Crippen LogP contribution >= 0.6 is 0 Å². The van der Waals surface area contributed by atoms with E-state index in [9.17, 15) is 0 Å². The summed E-state index contributed by atoms with van der Waals surface area (Å²) in [5.74, 6) is 0. The fourth-order valence-electron chi connectivity index (χ4n) is 3.29. The van der Waals surface area contributed by atoms with Crippen molar-refractivity contribution in [3.05, 3.63) is 77.6 Å². The summed E-state index contributed by atoms with van der Waals surface area (Å²) in [4.78, 5) is 4.17. The first-order chi connectivity index (χ1) is 12.2. The summed E-state index contributed by atoms with van der Waals surface area (Å²) in [5, 5.41) is 6.13. The third-order valence-corrected chi connectivity index (χ3v) is 4.95. The maximum absolute atomic E-state index is 4.17. The SMILES string of the molecule is Cc1ccccc1CCCC[C@@H](C)NCc1ccc2cnccc2c1. The van der Waals surface area contributed by atoms with E-state index in [2.05, 4.69) is 72.7 Å². The average Bonchev–Trinajstić information content (AvgIpc) is 2.64. The summed E-state index contributed by atoms with van der Waals surface area (Å²) < 4.78 is 0. The molecule has 3 aromatic rings. The van der Waals surface area contributed by atoms with Gasteiger partial charge in [0, 0.05) is 30.4 Å². The number of unbranched alkanes of at least 4 members (excludes halogenated alkanes) is 1. The molecule has 0 saturated carbocycles. The first-order valence-electron chi connectivity index (χ1n) is 9.33. The van der Waals surface area contributed by atoms with E-state index in [1.165, 1.54) is 53.1 Å². The topological polar surface area (TPSA) is 24.9 Å². The molecule has 0 aliphatic carbocycles. The van der Waals surface area contributed by atoms with Crippen LogP contribution in [0.3, 0.4) is 0 Å². The second-order valence-corrected chi connectivity index (χ2v) is 7.01. The summed E-state index contributed by atoms with van der Waals surface area (Å²) in [6.07, 6.45) is 8.73. The van der Waals surface area contributed by atoms with E-state index in [1.54, 1.807) is 0 Å². The number of benzene rings is 2. The normalized spacial score (nSPS) is 12.4. The lowest BCUT2D eigenvalue weighted by molar-refractivity contribution is 0.489. The number of hydrogen-bond acceptors (Lipinski definition) is 2. The molecule has 1 aromatic heterocycles. The predicted octanol–water partition coefficient (Wildman–Crippen LogP) is 5.43. The molecule has 2 nitrogen and oxygen atoms in total. The number of hydrogen-bond donors (Lipinski definition) is 1. The van der Waals surface area contributed by atoms with Crippen LogP contribution in [0.5, 0.6) is 0 Å². The Morgan fingerprint density at radius 2 is 1.88 bits per heavy atom. The molecule has 0 spiro atoms. The van der Waals surface area contributed by atoms with Gasteiger partial charge >= 0.3 is 0 Å². The van der Waals surface area contributed by atoms with Crippen molar-refractivity contribution in [3.8, 4) is 0 Å². The Morgan fingerprint density at radius 3 is 2.76 bits per heavy atom. The maximum atomic E-state index is 4.17. The molecule has 0 fully saturated rings. The van der Waals surface area contributed by atoms with Crippen molar-refractivity contribution >= 4 is 10.8 Å². The van der Waals surface area contributed by atoms with Gasteiger partial charge in [-0.1, -0.05) is 42.8 Å². The Labute approximate surface area is 151 Å². The second kappa shape index (κ2) is 8.77. The molecule has 1 N–H and O–H groups in total. The van der Waals surface area contributed by atoms with Crippen LogP contribution in [0.2, 0.25) is 0 Å². The number of fused-ring (bicyclic) bond motifs is 1. The van der Waals surface area contributed by atoms with Gasteiger partial charge in [-0.3, -0.25) is 4.98 Å². The van der Waals surface area contributed by atoms with Crippen molar-refractivity contribution in [1.82, 2.24) is 10.3 Å². The summed E-state index contributed by atoms with van der Waals surface area (Å²) in [5.41, 5.74) is 4.25. The first kappa shape index (κ1) is 17.6. The molecule has 0 saturated heterocycles. The minimum absolute atomic E-state index is 0.546. The minimum Gasteiger partial charge on any atom is -0.310 e. The Kier molecular flexibility index (Phi) is 6.19. The van der Waals surface area contributed by atoms with Crippen LogP contribution in [-0.4, -0.2) is 11.0 Å². The van der Waals surface area contributed by atoms with E-state index in [1.807, 2.05) is 12.4 Å². The largest absolute Gasteiger partial charge is 0.310 e. The van der Waals surface area contributed by atoms with Crippen LogP contribution in [0.15, 0.2) is 60.9 Å². The van der Waals surface area contributed by atoms with Crippen LogP contribution in [0.1, 0.15) is 42.9 Å². The highest BCUT2D eigenvalue weighted by atomic mass is 14.9. The lowest BCUT2D eigenvalue weighted by Crippen LogP contribution is -2.25. The van der Waals surface area contributed by atoms with Gasteiger partial charge in [-0.2, -0.15) is 0 Å². The van der Waals surface area contributed by atoms with Crippen LogP contribution in [0.4, 0.5) is 0 Å². The van der Waals surface area contributed by atoms with Gasteiger partial charge in [-0.25, -0.2) is 0 Å². The quantitative estimate of drug-likeness (QED) is 0.556. The fraction of sp³-hybridized carbons (Fsp3) is 0.348. The minimum atomic E-state index is 0.546. The van der Waals surface area contributed by atoms with Gasteiger partial charge in [-0.05, 0) is 67.3 Å². The smallest absolute Gasteiger partial charge is 0.0346 e. The van der Waals surface area contributed by atoms with Crippen molar-refractivity contribution in [2.45, 2.75) is 52.1 Å². The number of rotatable bonds is 8. The number of aryl methyl sites for hydroxylation is 2. The van der Waals surface area contributed by atoms with Gasteiger partial charge in [0.1, 0.15) is 0 Å². The van der Waals surface area contributed by atoms with Crippen molar-refractivity contribution in [2.75, 3.05) is 0 Å². The van der Waals surface area contributed by atoms with Crippen molar-refractivity contribution in [2.24, 2.45) is 0 Å². The Balaban J connectivity index is 1.40. The lowest BCUT2D eigenvalue weighted by Gasteiger charge is -2.14. The molecular formula is C23H28N2. The zero-order valence-electron chi connectivity index (χ0n) is 15.3. The van der Waals surface area contributed by atoms with Crippen LogP contribution in [0.25, 0.3) is 10.8 Å². The Morgan fingerprint density at radius 1 is 1.00 bits per heavy atom. The summed E-state index contributed by atoms with van der Waals surface area (Å²) in [6.45, 7) is 5.43. The van der Waals surface area contributed by atoms with E-state index >= 15 is 0 Å². The molecule has 0 amide bonds.